The molecule has 0 fully saturated rings. The molecule has 0 aliphatic heterocycles. The molecule has 5 nitrogen and oxygen atoms in total. The van der Waals surface area contributed by atoms with Crippen molar-refractivity contribution >= 4 is 23.1 Å². The Morgan fingerprint density at radius 2 is 1.36 bits per heavy atom. The largest absolute Gasteiger partial charge is 0.389 e. The van der Waals surface area contributed by atoms with E-state index >= 15 is 0 Å². The molecule has 1 aromatic carbocycles. The van der Waals surface area contributed by atoms with E-state index in [1.165, 1.54) is 64.2 Å². The molecule has 0 amide bonds. The minimum atomic E-state index is -0.681. The summed E-state index contributed by atoms with van der Waals surface area (Å²) in [5.74, 6) is -1.16. The van der Waals surface area contributed by atoms with Crippen molar-refractivity contribution in [1.29, 1.82) is 0 Å². The first-order valence-corrected chi connectivity index (χ1v) is 10.9. The van der Waals surface area contributed by atoms with Crippen molar-refractivity contribution in [3.8, 4) is 0 Å². The number of para-hydroxylation sites is 1. The molecule has 2 rings (SSSR count). The Morgan fingerprint density at radius 1 is 0.786 bits per heavy atom. The molecule has 2 aromatic rings. The van der Waals surface area contributed by atoms with Gasteiger partial charge in [-0.25, -0.2) is 4.79 Å². The van der Waals surface area contributed by atoms with E-state index in [1.54, 1.807) is 18.2 Å². The second-order valence-corrected chi connectivity index (χ2v) is 7.55. The highest BCUT2D eigenvalue weighted by Gasteiger charge is 2.20. The van der Waals surface area contributed by atoms with Crippen LogP contribution in [0.5, 0.6) is 0 Å². The molecule has 28 heavy (non-hydrogen) atoms. The number of fused-ring (bicyclic) bond motifs is 1. The average molecular weight is 391 g/mol. The van der Waals surface area contributed by atoms with Gasteiger partial charge in [0.2, 0.25) is 11.2 Å². The zero-order chi connectivity index (χ0) is 20.0. The predicted molar refractivity (Wildman–Crippen MR) is 109 cm³/mol. The summed E-state index contributed by atoms with van der Waals surface area (Å²) in [4.78, 5) is 23.8. The van der Waals surface area contributed by atoms with Gasteiger partial charge in [-0.15, -0.1) is 0 Å². The van der Waals surface area contributed by atoms with Gasteiger partial charge < -0.3 is 4.74 Å². The van der Waals surface area contributed by atoms with E-state index in [2.05, 4.69) is 6.92 Å². The van der Waals surface area contributed by atoms with Gasteiger partial charge in [0.05, 0.1) is 0 Å². The molecule has 0 bridgehead atoms. The van der Waals surface area contributed by atoms with Crippen molar-refractivity contribution in [2.45, 2.75) is 96.8 Å². The van der Waals surface area contributed by atoms with Crippen LogP contribution in [0.1, 0.15) is 107 Å². The summed E-state index contributed by atoms with van der Waals surface area (Å²) in [6.07, 6.45) is 16.5. The number of rotatable bonds is 15. The van der Waals surface area contributed by atoms with Crippen molar-refractivity contribution in [3.05, 3.63) is 23.8 Å². The topological polar surface area (TPSA) is 69.7 Å². The lowest BCUT2D eigenvalue weighted by Crippen LogP contribution is -2.13. The van der Waals surface area contributed by atoms with Gasteiger partial charge in [-0.1, -0.05) is 90.0 Å². The number of esters is 2. The second kappa shape index (κ2) is 13.2. The van der Waals surface area contributed by atoms with Crippen LogP contribution in [-0.4, -0.2) is 11.9 Å². The Bertz CT molecular complexity index is 697. The third-order valence-corrected chi connectivity index (χ3v) is 5.10. The third kappa shape index (κ3) is 7.91. The Kier molecular flexibility index (Phi) is 10.5. The fourth-order valence-electron chi connectivity index (χ4n) is 3.38. The average Bonchev–Trinajstić information content (AvgIpc) is 2.66. The van der Waals surface area contributed by atoms with Crippen molar-refractivity contribution < 1.29 is 23.5 Å². The lowest BCUT2D eigenvalue weighted by Gasteiger charge is -2.06. The maximum absolute atomic E-state index is 12.0. The number of unbranched alkanes of at least 4 members (excludes halogenated alkanes) is 12. The van der Waals surface area contributed by atoms with Gasteiger partial charge in [-0.3, -0.25) is 13.9 Å². The highest BCUT2D eigenvalue weighted by Crippen LogP contribution is 2.23. The van der Waals surface area contributed by atoms with Gasteiger partial charge in [-0.2, -0.15) is 0 Å². The number of ether oxygens (including phenoxy) is 1. The van der Waals surface area contributed by atoms with E-state index in [4.69, 9.17) is 13.9 Å². The molecule has 0 N–H and O–H groups in total. The van der Waals surface area contributed by atoms with E-state index in [0.717, 1.165) is 19.3 Å². The van der Waals surface area contributed by atoms with E-state index in [-0.39, 0.29) is 12.0 Å². The molecule has 0 radical (unpaired) electrons. The fourth-order valence-corrected chi connectivity index (χ4v) is 3.38. The first-order valence-electron chi connectivity index (χ1n) is 10.9. The molecular weight excluding hydrogens is 356 g/mol. The molecule has 1 heterocycles. The summed E-state index contributed by atoms with van der Waals surface area (Å²) in [6, 6.07) is 4.90. The minimum absolute atomic E-state index is 0.225. The van der Waals surface area contributed by atoms with Crippen LogP contribution in [0.2, 0.25) is 0 Å². The molecule has 0 aliphatic carbocycles. The Balaban J connectivity index is 1.43. The number of carbonyl (C=O) groups excluding carboxylic acids is 2. The van der Waals surface area contributed by atoms with Gasteiger partial charge >= 0.3 is 11.9 Å². The monoisotopic (exact) mass is 390 g/mol. The quantitative estimate of drug-likeness (QED) is 0.139. The number of hydrogen-bond acceptors (Lipinski definition) is 5. The Labute approximate surface area is 167 Å². The maximum atomic E-state index is 12.0. The summed E-state index contributed by atoms with van der Waals surface area (Å²) >= 11 is 0. The van der Waals surface area contributed by atoms with Gasteiger partial charge in [0.1, 0.15) is 5.56 Å². The molecule has 1 aromatic heterocycles. The van der Waals surface area contributed by atoms with Gasteiger partial charge in [0.25, 0.3) is 0 Å². The molecular formula is C23H34O5. The predicted octanol–water partition coefficient (Wildman–Crippen LogP) is 7.19. The minimum Gasteiger partial charge on any atom is -0.389 e. The first-order chi connectivity index (χ1) is 13.7. The van der Waals surface area contributed by atoms with Crippen molar-refractivity contribution in [2.24, 2.45) is 0 Å². The van der Waals surface area contributed by atoms with E-state index in [0.29, 0.717) is 11.2 Å². The van der Waals surface area contributed by atoms with Crippen LogP contribution in [0, 0.1) is 0 Å². The fraction of sp³-hybridized carbons (Fsp3) is 0.652. The summed E-state index contributed by atoms with van der Waals surface area (Å²) in [5.41, 5.74) is 1.04. The standard InChI is InChI=1S/C23H34O5/c1-2-3-4-5-6-7-8-9-10-11-12-13-14-18-21(24)26-23(25)19-16-15-17-20-22(19)28-27-20/h15-17H,2-14,18H2,1H3. The van der Waals surface area contributed by atoms with Crippen LogP contribution in [0.25, 0.3) is 11.2 Å². The van der Waals surface area contributed by atoms with Crippen molar-refractivity contribution in [3.63, 3.8) is 0 Å². The Morgan fingerprint density at radius 3 is 1.89 bits per heavy atom. The lowest BCUT2D eigenvalue weighted by molar-refractivity contribution is -0.138. The molecule has 5 heteroatoms. The zero-order valence-electron chi connectivity index (χ0n) is 17.2. The Hall–Kier alpha value is -2.04. The molecule has 0 atom stereocenters. The summed E-state index contributed by atoms with van der Waals surface area (Å²) in [6.45, 7) is 2.25. The van der Waals surface area contributed by atoms with E-state index in [1.807, 2.05) is 0 Å². The summed E-state index contributed by atoms with van der Waals surface area (Å²) < 4.78 is 14.4. The number of benzene rings is 1. The first kappa shape index (κ1) is 22.3. The zero-order valence-corrected chi connectivity index (χ0v) is 17.2. The summed E-state index contributed by atoms with van der Waals surface area (Å²) in [5, 5.41) is 0. The van der Waals surface area contributed by atoms with Crippen LogP contribution in [0.4, 0.5) is 0 Å². The maximum Gasteiger partial charge on any atom is 0.349 e. The summed E-state index contributed by atoms with van der Waals surface area (Å²) in [7, 11) is 0. The van der Waals surface area contributed by atoms with Crippen LogP contribution >= 0.6 is 0 Å². The molecule has 0 spiro atoms. The second-order valence-electron chi connectivity index (χ2n) is 7.55. The van der Waals surface area contributed by atoms with Crippen molar-refractivity contribution in [1.82, 2.24) is 0 Å². The normalized spacial score (nSPS) is 11.2. The van der Waals surface area contributed by atoms with Crippen LogP contribution in [-0.2, 0) is 9.53 Å². The van der Waals surface area contributed by atoms with Crippen LogP contribution in [0.15, 0.2) is 27.4 Å². The van der Waals surface area contributed by atoms with Gasteiger partial charge in [0.15, 0.2) is 0 Å². The molecule has 0 saturated heterocycles. The molecule has 156 valence electrons. The lowest BCUT2D eigenvalue weighted by atomic mass is 10.0. The molecule has 0 unspecified atom stereocenters. The highest BCUT2D eigenvalue weighted by molar-refractivity contribution is 6.04. The van der Waals surface area contributed by atoms with Crippen LogP contribution in [0.3, 0.4) is 0 Å². The molecule has 0 saturated carbocycles. The third-order valence-electron chi connectivity index (χ3n) is 5.10. The van der Waals surface area contributed by atoms with E-state index in [9.17, 15) is 9.59 Å². The highest BCUT2D eigenvalue weighted by atomic mass is 17.0. The molecule has 0 aliphatic rings. The smallest absolute Gasteiger partial charge is 0.349 e. The SMILES string of the molecule is CCCCCCCCCCCCCCCC(=O)OC(=O)c1cccc2ooc12. The van der Waals surface area contributed by atoms with E-state index < -0.39 is 11.9 Å². The number of hydrogen-bond donors (Lipinski definition) is 0. The van der Waals surface area contributed by atoms with Gasteiger partial charge in [-0.05, 0) is 18.6 Å². The number of carbonyl (C=O) groups is 2. The van der Waals surface area contributed by atoms with Crippen molar-refractivity contribution in [2.75, 3.05) is 0 Å². The van der Waals surface area contributed by atoms with Gasteiger partial charge in [0, 0.05) is 6.42 Å². The van der Waals surface area contributed by atoms with Crippen LogP contribution < -0.4 is 0 Å².